The topological polar surface area (TPSA) is 95.6 Å². The van der Waals surface area contributed by atoms with E-state index in [1.807, 2.05) is 60.7 Å². The van der Waals surface area contributed by atoms with E-state index in [0.29, 0.717) is 11.4 Å². The molecule has 0 N–H and O–H groups in total. The molecule has 2 aromatic carbocycles. The van der Waals surface area contributed by atoms with E-state index in [-0.39, 0.29) is 11.1 Å². The lowest BCUT2D eigenvalue weighted by Crippen LogP contribution is -2.23. The number of benzene rings is 2. The minimum absolute atomic E-state index is 0.0406. The second-order valence-electron chi connectivity index (χ2n) is 7.00. The van der Waals surface area contributed by atoms with Crippen molar-refractivity contribution in [1.82, 2.24) is 29.5 Å². The fraction of sp³-hybridized carbons (Fsp3) is 0.182. The van der Waals surface area contributed by atoms with Gasteiger partial charge in [-0.15, -0.1) is 20.4 Å². The van der Waals surface area contributed by atoms with E-state index in [4.69, 9.17) is 0 Å². The molecular formula is C22H18N6O2S2. The summed E-state index contributed by atoms with van der Waals surface area (Å²) < 4.78 is 3.39. The fourth-order valence-corrected chi connectivity index (χ4v) is 5.20. The van der Waals surface area contributed by atoms with Crippen molar-refractivity contribution in [3.8, 4) is 22.5 Å². The van der Waals surface area contributed by atoms with Crippen LogP contribution < -0.4 is 11.1 Å². The fourth-order valence-electron chi connectivity index (χ4n) is 3.43. The molecule has 8 nitrogen and oxygen atoms in total. The van der Waals surface area contributed by atoms with Gasteiger partial charge in [0.05, 0.1) is 0 Å². The molecule has 0 amide bonds. The van der Waals surface area contributed by atoms with Crippen LogP contribution >= 0.6 is 23.5 Å². The third kappa shape index (κ3) is 3.98. The highest BCUT2D eigenvalue weighted by Gasteiger charge is 2.19. The van der Waals surface area contributed by atoms with Gasteiger partial charge in [0.1, 0.15) is 0 Å². The third-order valence-electron chi connectivity index (χ3n) is 5.01. The Labute approximate surface area is 191 Å². The number of thioether (sulfide) groups is 2. The highest BCUT2D eigenvalue weighted by molar-refractivity contribution is 7.99. The summed E-state index contributed by atoms with van der Waals surface area (Å²) in [6.07, 6.45) is 0. The molecule has 2 aromatic heterocycles. The number of hydrogen-bond acceptors (Lipinski definition) is 8. The second kappa shape index (κ2) is 9.09. The minimum atomic E-state index is -0.0406. The van der Waals surface area contributed by atoms with E-state index in [0.717, 1.165) is 46.0 Å². The highest BCUT2D eigenvalue weighted by atomic mass is 32.2. The van der Waals surface area contributed by atoms with Crippen LogP contribution in [-0.4, -0.2) is 41.0 Å². The first-order valence-corrected chi connectivity index (χ1v) is 12.0. The smallest absolute Gasteiger partial charge is 0.281 e. The van der Waals surface area contributed by atoms with Gasteiger partial charge in [0, 0.05) is 35.7 Å². The van der Waals surface area contributed by atoms with Crippen molar-refractivity contribution in [2.24, 2.45) is 0 Å². The van der Waals surface area contributed by atoms with Crippen LogP contribution in [0.3, 0.4) is 0 Å². The third-order valence-corrected chi connectivity index (χ3v) is 6.91. The van der Waals surface area contributed by atoms with Gasteiger partial charge in [-0.05, 0) is 0 Å². The van der Waals surface area contributed by atoms with Crippen LogP contribution in [0.25, 0.3) is 22.5 Å². The normalized spacial score (nSPS) is 13.8. The van der Waals surface area contributed by atoms with Crippen LogP contribution in [0, 0.1) is 0 Å². The Kier molecular flexibility index (Phi) is 5.87. The van der Waals surface area contributed by atoms with Crippen molar-refractivity contribution in [1.29, 1.82) is 0 Å². The van der Waals surface area contributed by atoms with Crippen molar-refractivity contribution < 1.29 is 0 Å². The molecule has 4 aromatic rings. The lowest BCUT2D eigenvalue weighted by Gasteiger charge is -2.03. The molecule has 2 aliphatic rings. The Morgan fingerprint density at radius 3 is 1.41 bits per heavy atom. The van der Waals surface area contributed by atoms with E-state index >= 15 is 0 Å². The van der Waals surface area contributed by atoms with E-state index in [1.54, 1.807) is 32.7 Å². The summed E-state index contributed by atoms with van der Waals surface area (Å²) in [6.45, 7) is 1.46. The monoisotopic (exact) mass is 462 g/mol. The molecule has 0 bridgehead atoms. The minimum Gasteiger partial charge on any atom is -0.283 e. The molecule has 2 aliphatic heterocycles. The SMILES string of the molecule is O=c1c(-c2ccccc2)nnc2n1CCS2.O=c1c(-c2ccccc2)nnc2n1CCS2. The standard InChI is InChI=1S/2C11H9N3OS/c2*15-10-9(8-4-2-1-3-5-8)12-13-11-14(10)6-7-16-11/h2*1-5H,6-7H2. The second-order valence-corrected chi connectivity index (χ2v) is 9.13. The molecule has 0 atom stereocenters. The van der Waals surface area contributed by atoms with Crippen LogP contribution in [0.4, 0.5) is 0 Å². The molecule has 32 heavy (non-hydrogen) atoms. The highest BCUT2D eigenvalue weighted by Crippen LogP contribution is 2.22. The lowest BCUT2D eigenvalue weighted by molar-refractivity contribution is 0.626. The van der Waals surface area contributed by atoms with Gasteiger partial charge in [-0.25, -0.2) is 0 Å². The summed E-state index contributed by atoms with van der Waals surface area (Å²) in [4.78, 5) is 24.2. The van der Waals surface area contributed by atoms with Crippen molar-refractivity contribution in [3.05, 3.63) is 81.4 Å². The van der Waals surface area contributed by atoms with Gasteiger partial charge in [0.25, 0.3) is 11.1 Å². The summed E-state index contributed by atoms with van der Waals surface area (Å²) in [5, 5.41) is 17.6. The maximum Gasteiger partial charge on any atom is 0.281 e. The number of fused-ring (bicyclic) bond motifs is 2. The van der Waals surface area contributed by atoms with Gasteiger partial charge in [-0.2, -0.15) is 0 Å². The largest absolute Gasteiger partial charge is 0.283 e. The Balaban J connectivity index is 0.000000135. The Bertz CT molecular complexity index is 1270. The Morgan fingerprint density at radius 1 is 0.594 bits per heavy atom. The van der Waals surface area contributed by atoms with Gasteiger partial charge in [0.2, 0.25) is 0 Å². The summed E-state index contributed by atoms with van der Waals surface area (Å²) in [6, 6.07) is 18.9. The van der Waals surface area contributed by atoms with Gasteiger partial charge in [-0.3, -0.25) is 18.7 Å². The average Bonchev–Trinajstić information content (AvgIpc) is 3.52. The van der Waals surface area contributed by atoms with Gasteiger partial charge in [-0.1, -0.05) is 84.2 Å². The van der Waals surface area contributed by atoms with Crippen molar-refractivity contribution in [2.75, 3.05) is 11.5 Å². The molecule has 10 heteroatoms. The number of aromatic nitrogens is 6. The van der Waals surface area contributed by atoms with Gasteiger partial charge in [0.15, 0.2) is 21.7 Å². The van der Waals surface area contributed by atoms with Gasteiger partial charge < -0.3 is 0 Å². The zero-order valence-corrected chi connectivity index (χ0v) is 18.6. The molecule has 6 rings (SSSR count). The van der Waals surface area contributed by atoms with Gasteiger partial charge >= 0.3 is 0 Å². The van der Waals surface area contributed by atoms with Crippen molar-refractivity contribution in [3.63, 3.8) is 0 Å². The zero-order valence-electron chi connectivity index (χ0n) is 16.9. The van der Waals surface area contributed by atoms with Crippen LogP contribution in [0.1, 0.15) is 0 Å². The van der Waals surface area contributed by atoms with E-state index in [9.17, 15) is 9.59 Å². The molecule has 0 saturated carbocycles. The van der Waals surface area contributed by atoms with E-state index in [1.165, 1.54) is 0 Å². The maximum absolute atomic E-state index is 12.1. The Morgan fingerprint density at radius 2 is 1.00 bits per heavy atom. The molecule has 0 fully saturated rings. The molecule has 4 heterocycles. The maximum atomic E-state index is 12.1. The van der Waals surface area contributed by atoms with Crippen LogP contribution in [0.15, 0.2) is 80.6 Å². The number of nitrogens with zero attached hydrogens (tertiary/aromatic N) is 6. The molecule has 0 aliphatic carbocycles. The van der Waals surface area contributed by atoms with Crippen molar-refractivity contribution in [2.45, 2.75) is 23.4 Å². The first-order valence-electron chi connectivity index (χ1n) is 10.0. The van der Waals surface area contributed by atoms with Crippen LogP contribution in [0.5, 0.6) is 0 Å². The first-order chi connectivity index (χ1) is 15.7. The average molecular weight is 463 g/mol. The number of rotatable bonds is 2. The predicted octanol–water partition coefficient (Wildman–Crippen LogP) is 2.82. The van der Waals surface area contributed by atoms with Crippen LogP contribution in [0.2, 0.25) is 0 Å². The van der Waals surface area contributed by atoms with Crippen molar-refractivity contribution >= 4 is 23.5 Å². The first kappa shape index (κ1) is 20.7. The van der Waals surface area contributed by atoms with E-state index in [2.05, 4.69) is 20.4 Å². The zero-order chi connectivity index (χ0) is 21.9. The molecule has 160 valence electrons. The molecule has 0 radical (unpaired) electrons. The summed E-state index contributed by atoms with van der Waals surface area (Å²) >= 11 is 3.15. The molecule has 0 spiro atoms. The number of hydrogen-bond donors (Lipinski definition) is 0. The van der Waals surface area contributed by atoms with Crippen LogP contribution in [-0.2, 0) is 13.1 Å². The summed E-state index contributed by atoms with van der Waals surface area (Å²) in [7, 11) is 0. The predicted molar refractivity (Wildman–Crippen MR) is 125 cm³/mol. The summed E-state index contributed by atoms with van der Waals surface area (Å²) in [5.41, 5.74) is 2.44. The quantitative estimate of drug-likeness (QED) is 0.449. The Hall–Kier alpha value is -3.24. The lowest BCUT2D eigenvalue weighted by atomic mass is 10.2. The molecule has 0 saturated heterocycles. The van der Waals surface area contributed by atoms with E-state index < -0.39 is 0 Å². The summed E-state index contributed by atoms with van der Waals surface area (Å²) in [5.74, 6) is 1.81. The molecular weight excluding hydrogens is 444 g/mol. The molecule has 0 unspecified atom stereocenters.